The average Bonchev–Trinajstić information content (AvgIpc) is 2.36. The van der Waals surface area contributed by atoms with Gasteiger partial charge < -0.3 is 5.11 Å². The third-order valence-corrected chi connectivity index (χ3v) is 4.52. The van der Waals surface area contributed by atoms with Gasteiger partial charge in [0.2, 0.25) is 10.0 Å². The molecule has 0 aliphatic rings. The molecule has 2 unspecified atom stereocenters. The fraction of sp³-hybridized carbons (Fsp3) is 0.571. The Bertz CT molecular complexity index is 514. The van der Waals surface area contributed by atoms with Gasteiger partial charge in [0.05, 0.1) is 11.9 Å². The van der Waals surface area contributed by atoms with Crippen LogP contribution in [0.25, 0.3) is 0 Å². The first kappa shape index (κ1) is 17.1. The van der Waals surface area contributed by atoms with E-state index in [-0.39, 0.29) is 5.75 Å². The highest BCUT2D eigenvalue weighted by Gasteiger charge is 2.22. The molecule has 1 rings (SSSR count). The minimum absolute atomic E-state index is 0.0329. The summed E-state index contributed by atoms with van der Waals surface area (Å²) in [5, 5.41) is 10.1. The summed E-state index contributed by atoms with van der Waals surface area (Å²) in [6.45, 7) is 5.49. The second kappa shape index (κ2) is 7.15. The van der Waals surface area contributed by atoms with Crippen molar-refractivity contribution in [3.8, 4) is 0 Å². The summed E-state index contributed by atoms with van der Waals surface area (Å²) < 4.78 is 39.0. The predicted octanol–water partition coefficient (Wildman–Crippen LogP) is 2.21. The molecule has 1 aromatic rings. The maximum atomic E-state index is 12.8. The van der Waals surface area contributed by atoms with Gasteiger partial charge in [0.1, 0.15) is 5.82 Å². The van der Waals surface area contributed by atoms with E-state index in [1.807, 2.05) is 13.8 Å². The highest BCUT2D eigenvalue weighted by Crippen LogP contribution is 2.18. The Morgan fingerprint density at radius 3 is 2.25 bits per heavy atom. The molecule has 2 atom stereocenters. The molecule has 0 bridgehead atoms. The number of benzene rings is 1. The number of rotatable bonds is 7. The summed E-state index contributed by atoms with van der Waals surface area (Å²) >= 11 is 0. The largest absolute Gasteiger partial charge is 0.387 e. The van der Waals surface area contributed by atoms with Crippen molar-refractivity contribution >= 4 is 10.0 Å². The molecule has 0 aliphatic heterocycles. The predicted molar refractivity (Wildman–Crippen MR) is 77.2 cm³/mol. The molecular weight excluding hydrogens is 281 g/mol. The fourth-order valence-electron chi connectivity index (χ4n) is 1.75. The van der Waals surface area contributed by atoms with Gasteiger partial charge in [-0.2, -0.15) is 0 Å². The van der Waals surface area contributed by atoms with E-state index in [0.29, 0.717) is 17.9 Å². The lowest BCUT2D eigenvalue weighted by molar-refractivity contribution is 0.146. The summed E-state index contributed by atoms with van der Waals surface area (Å²) in [5.41, 5.74) is 0.477. The number of hydrogen-bond donors (Lipinski definition) is 2. The van der Waals surface area contributed by atoms with Gasteiger partial charge in [-0.05, 0) is 37.0 Å². The minimum atomic E-state index is -3.42. The van der Waals surface area contributed by atoms with Gasteiger partial charge in [-0.25, -0.2) is 17.5 Å². The van der Waals surface area contributed by atoms with Crippen molar-refractivity contribution in [2.24, 2.45) is 5.92 Å². The number of hydrogen-bond acceptors (Lipinski definition) is 3. The van der Waals surface area contributed by atoms with E-state index in [4.69, 9.17) is 0 Å². The summed E-state index contributed by atoms with van der Waals surface area (Å²) in [7, 11) is -3.42. The Labute approximate surface area is 120 Å². The van der Waals surface area contributed by atoms with E-state index < -0.39 is 28.0 Å². The Balaban J connectivity index is 2.65. The van der Waals surface area contributed by atoms with Crippen molar-refractivity contribution in [3.63, 3.8) is 0 Å². The van der Waals surface area contributed by atoms with Crippen LogP contribution < -0.4 is 4.72 Å². The zero-order chi connectivity index (χ0) is 15.3. The Morgan fingerprint density at radius 2 is 1.75 bits per heavy atom. The molecule has 0 aromatic heterocycles. The molecule has 4 nitrogen and oxygen atoms in total. The molecule has 114 valence electrons. The minimum Gasteiger partial charge on any atom is -0.387 e. The van der Waals surface area contributed by atoms with Crippen LogP contribution in [0.5, 0.6) is 0 Å². The Kier molecular flexibility index (Phi) is 6.10. The average molecular weight is 303 g/mol. The molecule has 1 aromatic carbocycles. The van der Waals surface area contributed by atoms with E-state index >= 15 is 0 Å². The number of aliphatic hydroxyl groups excluding tert-OH is 1. The highest BCUT2D eigenvalue weighted by atomic mass is 32.2. The van der Waals surface area contributed by atoms with Crippen molar-refractivity contribution in [2.45, 2.75) is 39.3 Å². The first-order chi connectivity index (χ1) is 9.21. The summed E-state index contributed by atoms with van der Waals surface area (Å²) in [4.78, 5) is 0. The first-order valence-corrected chi connectivity index (χ1v) is 8.30. The van der Waals surface area contributed by atoms with E-state index in [1.54, 1.807) is 6.92 Å². The van der Waals surface area contributed by atoms with E-state index in [2.05, 4.69) is 4.72 Å². The molecular formula is C14H22FNO3S. The summed E-state index contributed by atoms with van der Waals surface area (Å²) in [5.74, 6) is -0.0690. The second-order valence-corrected chi connectivity index (χ2v) is 7.28. The number of aliphatic hydroxyl groups is 1. The maximum Gasteiger partial charge on any atom is 0.211 e. The van der Waals surface area contributed by atoms with Gasteiger partial charge in [-0.3, -0.25) is 0 Å². The quantitative estimate of drug-likeness (QED) is 0.811. The molecule has 0 spiro atoms. The first-order valence-electron chi connectivity index (χ1n) is 6.65. The normalized spacial score (nSPS) is 15.3. The van der Waals surface area contributed by atoms with Crippen LogP contribution in [0.2, 0.25) is 0 Å². The summed E-state index contributed by atoms with van der Waals surface area (Å²) in [6, 6.07) is 4.69. The maximum absolute atomic E-state index is 12.8. The molecule has 6 heteroatoms. The van der Waals surface area contributed by atoms with Gasteiger partial charge in [-0.15, -0.1) is 0 Å². The molecule has 0 radical (unpaired) electrons. The van der Waals surface area contributed by atoms with Crippen molar-refractivity contribution < 1.29 is 17.9 Å². The van der Waals surface area contributed by atoms with E-state index in [9.17, 15) is 17.9 Å². The van der Waals surface area contributed by atoms with E-state index in [1.165, 1.54) is 24.3 Å². The zero-order valence-corrected chi connectivity index (χ0v) is 12.8. The van der Waals surface area contributed by atoms with Crippen molar-refractivity contribution in [1.82, 2.24) is 4.72 Å². The smallest absolute Gasteiger partial charge is 0.211 e. The zero-order valence-electron chi connectivity index (χ0n) is 12.0. The molecule has 0 saturated heterocycles. The lowest BCUT2D eigenvalue weighted by Gasteiger charge is -2.21. The van der Waals surface area contributed by atoms with Crippen LogP contribution in [0.3, 0.4) is 0 Å². The van der Waals surface area contributed by atoms with E-state index in [0.717, 1.165) is 0 Å². The lowest BCUT2D eigenvalue weighted by Crippen LogP contribution is -2.38. The third-order valence-electron chi connectivity index (χ3n) is 3.01. The number of halogens is 1. The van der Waals surface area contributed by atoms with Gasteiger partial charge in [0.25, 0.3) is 0 Å². The molecule has 20 heavy (non-hydrogen) atoms. The SMILES string of the molecule is CC(C)CCS(=O)(=O)NC(C)C(O)c1ccc(F)cc1. The lowest BCUT2D eigenvalue weighted by atomic mass is 10.0. The second-order valence-electron chi connectivity index (χ2n) is 5.40. The molecule has 0 heterocycles. The number of nitrogens with one attached hydrogen (secondary N) is 1. The van der Waals surface area contributed by atoms with Gasteiger partial charge in [-0.1, -0.05) is 26.0 Å². The monoisotopic (exact) mass is 303 g/mol. The van der Waals surface area contributed by atoms with Crippen LogP contribution in [0, 0.1) is 11.7 Å². The fourth-order valence-corrected chi connectivity index (χ4v) is 3.34. The Hall–Kier alpha value is -0.980. The van der Waals surface area contributed by atoms with Crippen LogP contribution >= 0.6 is 0 Å². The van der Waals surface area contributed by atoms with Crippen molar-refractivity contribution in [3.05, 3.63) is 35.6 Å². The molecule has 0 aliphatic carbocycles. The van der Waals surface area contributed by atoms with Gasteiger partial charge in [0.15, 0.2) is 0 Å². The summed E-state index contributed by atoms with van der Waals surface area (Å²) in [6.07, 6.45) is -0.446. The van der Waals surface area contributed by atoms with Gasteiger partial charge in [0, 0.05) is 6.04 Å². The molecule has 2 N–H and O–H groups in total. The highest BCUT2D eigenvalue weighted by molar-refractivity contribution is 7.89. The number of sulfonamides is 1. The molecule has 0 saturated carbocycles. The van der Waals surface area contributed by atoms with Crippen LogP contribution in [0.15, 0.2) is 24.3 Å². The van der Waals surface area contributed by atoms with Crippen LogP contribution in [-0.4, -0.2) is 25.3 Å². The Morgan fingerprint density at radius 1 is 1.20 bits per heavy atom. The third kappa shape index (κ3) is 5.56. The van der Waals surface area contributed by atoms with Crippen molar-refractivity contribution in [1.29, 1.82) is 0 Å². The topological polar surface area (TPSA) is 66.4 Å². The van der Waals surface area contributed by atoms with Crippen LogP contribution in [0.4, 0.5) is 4.39 Å². The molecule has 0 amide bonds. The van der Waals surface area contributed by atoms with Crippen LogP contribution in [0.1, 0.15) is 38.9 Å². The standard InChI is InChI=1S/C14H22FNO3S/c1-10(2)8-9-20(18,19)16-11(3)14(17)12-4-6-13(15)7-5-12/h4-7,10-11,14,16-17H,8-9H2,1-3H3. The van der Waals surface area contributed by atoms with Crippen LogP contribution in [-0.2, 0) is 10.0 Å². The molecule has 0 fully saturated rings. The van der Waals surface area contributed by atoms with Crippen molar-refractivity contribution in [2.75, 3.05) is 5.75 Å². The van der Waals surface area contributed by atoms with Gasteiger partial charge >= 0.3 is 0 Å².